The van der Waals surface area contributed by atoms with Crippen molar-refractivity contribution in [1.82, 2.24) is 4.90 Å². The molecule has 0 unspecified atom stereocenters. The van der Waals surface area contributed by atoms with Gasteiger partial charge in [-0.25, -0.2) is 9.18 Å². The van der Waals surface area contributed by atoms with Gasteiger partial charge < -0.3 is 15.5 Å². The number of hydrogen-bond donors (Lipinski definition) is 2. The maximum absolute atomic E-state index is 13.2. The number of likely N-dealkylation sites (tertiary alicyclic amines) is 1. The van der Waals surface area contributed by atoms with Crippen LogP contribution in [-0.4, -0.2) is 29.9 Å². The lowest BCUT2D eigenvalue weighted by Crippen LogP contribution is -2.43. The second kappa shape index (κ2) is 9.27. The fraction of sp³-hybridized carbons (Fsp3) is 0.364. The molecule has 0 aliphatic carbocycles. The summed E-state index contributed by atoms with van der Waals surface area (Å²) in [6.45, 7) is 4.86. The normalized spacial score (nSPS) is 15.7. The highest BCUT2D eigenvalue weighted by molar-refractivity contribution is 6.30. The van der Waals surface area contributed by atoms with Crippen molar-refractivity contribution in [2.75, 3.05) is 23.7 Å². The Kier molecular flexibility index (Phi) is 6.75. The van der Waals surface area contributed by atoms with Crippen LogP contribution in [0, 0.1) is 24.6 Å². The summed E-state index contributed by atoms with van der Waals surface area (Å²) >= 11 is 5.86. The van der Waals surface area contributed by atoms with Gasteiger partial charge in [-0.1, -0.05) is 18.5 Å². The van der Waals surface area contributed by atoms with Gasteiger partial charge in [-0.05, 0) is 73.7 Å². The zero-order chi connectivity index (χ0) is 21.0. The molecule has 7 heteroatoms. The summed E-state index contributed by atoms with van der Waals surface area (Å²) in [4.78, 5) is 26.8. The summed E-state index contributed by atoms with van der Waals surface area (Å²) in [5.41, 5.74) is 2.02. The van der Waals surface area contributed by atoms with E-state index in [4.69, 9.17) is 11.6 Å². The van der Waals surface area contributed by atoms with E-state index < -0.39 is 0 Å². The number of carbonyl (C=O) groups is 2. The van der Waals surface area contributed by atoms with Gasteiger partial charge in [-0.2, -0.15) is 0 Å². The average Bonchev–Trinajstić information content (AvgIpc) is 2.71. The molecule has 154 valence electrons. The number of aryl methyl sites for hydroxylation is 1. The van der Waals surface area contributed by atoms with Gasteiger partial charge in [-0.3, -0.25) is 4.79 Å². The average molecular weight is 418 g/mol. The number of hydrogen-bond acceptors (Lipinski definition) is 2. The van der Waals surface area contributed by atoms with Crippen LogP contribution in [0.3, 0.4) is 0 Å². The van der Waals surface area contributed by atoms with E-state index in [1.54, 1.807) is 42.2 Å². The highest BCUT2D eigenvalue weighted by Crippen LogP contribution is 2.27. The van der Waals surface area contributed by atoms with E-state index in [1.165, 1.54) is 12.1 Å². The van der Waals surface area contributed by atoms with Crippen LogP contribution in [0.25, 0.3) is 0 Å². The Balaban J connectivity index is 1.50. The second-order valence-corrected chi connectivity index (χ2v) is 7.94. The number of urea groups is 1. The van der Waals surface area contributed by atoms with Crippen molar-refractivity contribution in [2.24, 2.45) is 11.8 Å². The first-order chi connectivity index (χ1) is 13.8. The van der Waals surface area contributed by atoms with Crippen LogP contribution in [-0.2, 0) is 4.79 Å². The van der Waals surface area contributed by atoms with Crippen LogP contribution in [0.5, 0.6) is 0 Å². The Morgan fingerprint density at radius 3 is 2.38 bits per heavy atom. The molecule has 0 spiro atoms. The first kappa shape index (κ1) is 21.1. The van der Waals surface area contributed by atoms with E-state index in [1.807, 2.05) is 6.92 Å². The number of amides is 3. The Bertz CT molecular complexity index is 880. The van der Waals surface area contributed by atoms with Gasteiger partial charge in [0, 0.05) is 35.4 Å². The van der Waals surface area contributed by atoms with Crippen molar-refractivity contribution in [3.8, 4) is 0 Å². The van der Waals surface area contributed by atoms with E-state index in [0.717, 1.165) is 12.8 Å². The molecule has 1 atom stereocenters. The largest absolute Gasteiger partial charge is 0.326 e. The SMILES string of the molecule is Cc1cc(F)ccc1NC(=O)[C@@H](C)C1CCN(C(=O)Nc2ccc(Cl)cc2)CC1. The van der Waals surface area contributed by atoms with Crippen molar-refractivity contribution in [3.63, 3.8) is 0 Å². The molecular weight excluding hydrogens is 393 g/mol. The van der Waals surface area contributed by atoms with E-state index in [0.29, 0.717) is 35.1 Å². The molecule has 0 saturated carbocycles. The number of halogens is 2. The molecule has 2 N–H and O–H groups in total. The Labute approximate surface area is 175 Å². The first-order valence-corrected chi connectivity index (χ1v) is 10.1. The highest BCUT2D eigenvalue weighted by Gasteiger charge is 2.30. The van der Waals surface area contributed by atoms with E-state index in [-0.39, 0.29) is 29.6 Å². The summed E-state index contributed by atoms with van der Waals surface area (Å²) in [5, 5.41) is 6.38. The molecule has 3 rings (SSSR count). The maximum Gasteiger partial charge on any atom is 0.321 e. The molecule has 1 saturated heterocycles. The van der Waals surface area contributed by atoms with Crippen LogP contribution >= 0.6 is 11.6 Å². The lowest BCUT2D eigenvalue weighted by Gasteiger charge is -2.34. The van der Waals surface area contributed by atoms with Crippen molar-refractivity contribution in [1.29, 1.82) is 0 Å². The number of nitrogens with zero attached hydrogens (tertiary/aromatic N) is 1. The van der Waals surface area contributed by atoms with Crippen LogP contribution < -0.4 is 10.6 Å². The highest BCUT2D eigenvalue weighted by atomic mass is 35.5. The number of rotatable bonds is 4. The lowest BCUT2D eigenvalue weighted by molar-refractivity contribution is -0.121. The van der Waals surface area contributed by atoms with Crippen molar-refractivity contribution < 1.29 is 14.0 Å². The molecule has 1 fully saturated rings. The standard InChI is InChI=1S/C22H25ClFN3O2/c1-14-13-18(24)5-8-20(14)26-21(28)15(2)16-9-11-27(12-10-16)22(29)25-19-6-3-17(23)4-7-19/h3-8,13,15-16H,9-12H2,1-2H3,(H,25,29)(H,26,28)/t15-/m0/s1. The third kappa shape index (κ3) is 5.48. The number of benzene rings is 2. The van der Waals surface area contributed by atoms with Gasteiger partial charge in [0.2, 0.25) is 5.91 Å². The lowest BCUT2D eigenvalue weighted by atomic mass is 9.85. The molecule has 0 aromatic heterocycles. The first-order valence-electron chi connectivity index (χ1n) is 9.72. The third-order valence-electron chi connectivity index (χ3n) is 5.49. The number of piperidine rings is 1. The predicted molar refractivity (Wildman–Crippen MR) is 114 cm³/mol. The smallest absolute Gasteiger partial charge is 0.321 e. The molecule has 3 amide bonds. The number of nitrogens with one attached hydrogen (secondary N) is 2. The topological polar surface area (TPSA) is 61.4 Å². The monoisotopic (exact) mass is 417 g/mol. The molecule has 2 aromatic carbocycles. The Morgan fingerprint density at radius 1 is 1.10 bits per heavy atom. The minimum Gasteiger partial charge on any atom is -0.326 e. The fourth-order valence-corrected chi connectivity index (χ4v) is 3.69. The van der Waals surface area contributed by atoms with Gasteiger partial charge in [0.1, 0.15) is 5.82 Å². The summed E-state index contributed by atoms with van der Waals surface area (Å²) in [6.07, 6.45) is 1.51. The molecule has 1 aliphatic heterocycles. The van der Waals surface area contributed by atoms with E-state index in [9.17, 15) is 14.0 Å². The van der Waals surface area contributed by atoms with Crippen molar-refractivity contribution in [2.45, 2.75) is 26.7 Å². The summed E-state index contributed by atoms with van der Waals surface area (Å²) in [7, 11) is 0. The second-order valence-electron chi connectivity index (χ2n) is 7.50. The molecule has 29 heavy (non-hydrogen) atoms. The maximum atomic E-state index is 13.2. The minimum atomic E-state index is -0.321. The molecular formula is C22H25ClFN3O2. The van der Waals surface area contributed by atoms with Crippen molar-refractivity contribution >= 4 is 34.9 Å². The zero-order valence-electron chi connectivity index (χ0n) is 16.5. The quantitative estimate of drug-likeness (QED) is 0.708. The molecule has 1 aliphatic rings. The molecule has 1 heterocycles. The number of carbonyl (C=O) groups excluding carboxylic acids is 2. The molecule has 0 radical (unpaired) electrons. The minimum absolute atomic E-state index is 0.0798. The Morgan fingerprint density at radius 2 is 1.76 bits per heavy atom. The number of anilines is 2. The molecule has 0 bridgehead atoms. The van der Waals surface area contributed by atoms with Gasteiger partial charge in [0.05, 0.1) is 0 Å². The van der Waals surface area contributed by atoms with Gasteiger partial charge in [0.25, 0.3) is 0 Å². The van der Waals surface area contributed by atoms with Crippen molar-refractivity contribution in [3.05, 3.63) is 58.9 Å². The van der Waals surface area contributed by atoms with Crippen LogP contribution in [0.4, 0.5) is 20.6 Å². The Hall–Kier alpha value is -2.60. The fourth-order valence-electron chi connectivity index (χ4n) is 3.57. The zero-order valence-corrected chi connectivity index (χ0v) is 17.3. The van der Waals surface area contributed by atoms with Gasteiger partial charge in [-0.15, -0.1) is 0 Å². The summed E-state index contributed by atoms with van der Waals surface area (Å²) < 4.78 is 13.2. The molecule has 5 nitrogen and oxygen atoms in total. The van der Waals surface area contributed by atoms with Crippen LogP contribution in [0.2, 0.25) is 5.02 Å². The summed E-state index contributed by atoms with van der Waals surface area (Å²) in [6, 6.07) is 11.2. The summed E-state index contributed by atoms with van der Waals surface area (Å²) in [5.74, 6) is -0.405. The van der Waals surface area contributed by atoms with Crippen LogP contribution in [0.15, 0.2) is 42.5 Å². The van der Waals surface area contributed by atoms with Crippen LogP contribution in [0.1, 0.15) is 25.3 Å². The predicted octanol–water partition coefficient (Wildman–Crippen LogP) is 5.31. The molecule has 2 aromatic rings. The van der Waals surface area contributed by atoms with Gasteiger partial charge >= 0.3 is 6.03 Å². The third-order valence-corrected chi connectivity index (χ3v) is 5.74. The van der Waals surface area contributed by atoms with Gasteiger partial charge in [0.15, 0.2) is 0 Å². The van der Waals surface area contributed by atoms with E-state index in [2.05, 4.69) is 10.6 Å². The van der Waals surface area contributed by atoms with E-state index >= 15 is 0 Å².